The van der Waals surface area contributed by atoms with Gasteiger partial charge in [-0.15, -0.1) is 23.5 Å². The number of carboxylic acid groups (broad SMARTS) is 2. The lowest BCUT2D eigenvalue weighted by atomic mass is 9.81. The number of carboxylic acids is 2. The lowest BCUT2D eigenvalue weighted by Crippen LogP contribution is -2.53. The molecule has 24 heteroatoms. The summed E-state index contributed by atoms with van der Waals surface area (Å²) in [6.45, 7) is 16.9. The topological polar surface area (TPSA) is 311 Å². The van der Waals surface area contributed by atoms with Crippen LogP contribution in [0.4, 0.5) is 0 Å². The van der Waals surface area contributed by atoms with E-state index in [2.05, 4.69) is 16.0 Å². The minimum Gasteiger partial charge on any atom is -0.480 e. The number of hydrogen-bond donors (Lipinski definition) is 5. The van der Waals surface area contributed by atoms with Gasteiger partial charge < -0.3 is 26.2 Å². The lowest BCUT2D eigenvalue weighted by Gasteiger charge is -2.35. The number of fused-ring (bicyclic) bond motifs is 5. The Bertz CT molecular complexity index is 6460. The normalized spacial score (nSPS) is 15.2. The summed E-state index contributed by atoms with van der Waals surface area (Å²) in [7, 11) is 0. The third-order valence-electron chi connectivity index (χ3n) is 25.3. The zero-order valence-electron chi connectivity index (χ0n) is 68.6. The summed E-state index contributed by atoms with van der Waals surface area (Å²) in [6.07, 6.45) is 7.74. The van der Waals surface area contributed by atoms with Crippen LogP contribution in [0.3, 0.4) is 0 Å². The molecule has 4 heterocycles. The summed E-state index contributed by atoms with van der Waals surface area (Å²) in [6, 6.07) is 37.5. The molecule has 0 saturated carbocycles. The molecule has 616 valence electrons. The maximum atomic E-state index is 14.6. The molecule has 12 aromatic carbocycles. The summed E-state index contributed by atoms with van der Waals surface area (Å²) < 4.78 is 0. The van der Waals surface area contributed by atoms with Crippen LogP contribution in [0, 0.1) is 0 Å². The highest BCUT2D eigenvalue weighted by molar-refractivity contribution is 7.99. The van der Waals surface area contributed by atoms with Gasteiger partial charge in [-0.1, -0.05) is 152 Å². The molecule has 1 aliphatic carbocycles. The first-order valence-corrected chi connectivity index (χ1v) is 43.7. The Hall–Kier alpha value is -12.4. The average molecular weight is 1660 g/mol. The SMILES string of the molecule is CCC(CC)N1C(=O)c2ccc3c4ccc5c6c(cc(SCC(NC(C)=O)C(=O)NC(Cc7ccccc7)C(=O)O)c(c7ccc(c2c37)C1=O)c64)C(=O)N(C(CC)CC)C5=O.CCC(CC)N1C(=O)c2ccc3c4ccc5c6c(cc(SCCC(=O)NC(CC7=CCc8ccccc87)C(=O)O)c(c7ccc(c2c37)C1=O)c64)C(=O)N(C(CC)CC)C5=O. The first-order valence-electron chi connectivity index (χ1n) is 41.8. The molecule has 17 rings (SSSR count). The van der Waals surface area contributed by atoms with E-state index < -0.39 is 53.7 Å². The van der Waals surface area contributed by atoms with Gasteiger partial charge in [-0.2, -0.15) is 0 Å². The fourth-order valence-corrected chi connectivity index (χ4v) is 21.5. The van der Waals surface area contributed by atoms with E-state index in [1.807, 2.05) is 134 Å². The van der Waals surface area contributed by atoms with Gasteiger partial charge in [0.1, 0.15) is 18.1 Å². The Kier molecular flexibility index (Phi) is 22.4. The number of rotatable bonds is 29. The van der Waals surface area contributed by atoms with Gasteiger partial charge in [0.15, 0.2) is 0 Å². The van der Waals surface area contributed by atoms with Gasteiger partial charge in [-0.05, 0) is 172 Å². The second-order valence-electron chi connectivity index (χ2n) is 31.9. The van der Waals surface area contributed by atoms with Crippen LogP contribution in [-0.4, -0.2) is 161 Å². The van der Waals surface area contributed by atoms with E-state index in [0.717, 1.165) is 60.8 Å². The Morgan fingerprint density at radius 3 is 1.12 bits per heavy atom. The molecule has 22 nitrogen and oxygen atoms in total. The number of imide groups is 4. The number of aliphatic carboxylic acids is 2. The second kappa shape index (κ2) is 33.0. The highest BCUT2D eigenvalue weighted by Crippen LogP contribution is 2.53. The first kappa shape index (κ1) is 82.3. The van der Waals surface area contributed by atoms with Crippen LogP contribution in [0.1, 0.15) is 226 Å². The number of carbonyl (C=O) groups excluding carboxylic acids is 11. The molecule has 0 bridgehead atoms. The summed E-state index contributed by atoms with van der Waals surface area (Å²) in [5, 5.41) is 39.2. The van der Waals surface area contributed by atoms with Crippen molar-refractivity contribution in [2.45, 2.75) is 191 Å². The molecule has 0 saturated heterocycles. The van der Waals surface area contributed by atoms with E-state index in [0.29, 0.717) is 160 Å². The van der Waals surface area contributed by atoms with Crippen molar-refractivity contribution in [2.75, 3.05) is 11.5 Å². The van der Waals surface area contributed by atoms with Gasteiger partial charge in [0.2, 0.25) is 17.7 Å². The summed E-state index contributed by atoms with van der Waals surface area (Å²) in [4.78, 5) is 186. The average Bonchev–Trinajstić information content (AvgIpc) is 0.918. The number of amides is 11. The molecule has 12 aromatic rings. The van der Waals surface area contributed by atoms with Crippen LogP contribution in [0.5, 0.6) is 0 Å². The molecule has 11 amide bonds. The van der Waals surface area contributed by atoms with E-state index >= 15 is 0 Å². The number of allylic oxidation sites excluding steroid dienone is 1. The third-order valence-corrected chi connectivity index (χ3v) is 27.5. The Morgan fingerprint density at radius 2 is 0.719 bits per heavy atom. The molecule has 3 atom stereocenters. The van der Waals surface area contributed by atoms with Gasteiger partial charge >= 0.3 is 11.9 Å². The number of hydrogen-bond acceptors (Lipinski definition) is 15. The third kappa shape index (κ3) is 13.6. The van der Waals surface area contributed by atoms with E-state index in [1.165, 1.54) is 50.0 Å². The Labute approximate surface area is 705 Å². The van der Waals surface area contributed by atoms with Crippen LogP contribution in [-0.2, 0) is 36.8 Å². The van der Waals surface area contributed by atoms with Gasteiger partial charge in [-0.3, -0.25) is 72.3 Å². The predicted octanol–water partition coefficient (Wildman–Crippen LogP) is 17.1. The molecule has 4 aliphatic heterocycles. The van der Waals surface area contributed by atoms with Gasteiger partial charge in [0.05, 0.1) is 0 Å². The number of nitrogens with zero attached hydrogens (tertiary/aromatic N) is 4. The van der Waals surface area contributed by atoms with Crippen LogP contribution in [0.15, 0.2) is 155 Å². The molecular formula is C97H91N7O15S2. The van der Waals surface area contributed by atoms with Crippen molar-refractivity contribution >= 4 is 192 Å². The van der Waals surface area contributed by atoms with Crippen LogP contribution >= 0.6 is 23.5 Å². The Morgan fingerprint density at radius 1 is 0.364 bits per heavy atom. The number of benzene rings is 12. The van der Waals surface area contributed by atoms with E-state index in [-0.39, 0.29) is 96.3 Å². The fraction of sp³-hybridized carbons (Fsp3) is 0.309. The molecule has 5 aliphatic rings. The van der Waals surface area contributed by atoms with Crippen molar-refractivity contribution in [1.29, 1.82) is 0 Å². The van der Waals surface area contributed by atoms with Crippen LogP contribution in [0.25, 0.3) is 91.8 Å². The number of thioether (sulfide) groups is 2. The standard InChI is InChI=1S/C49H45N3O7S.C48H46N4O8S/c1-5-27(6-2)51-45(54)33-18-15-30-31-16-19-35-42-36(48(57)52(47(35)56)28(7-3)8-4)24-38(43(44(31)42)32-17-20-34(46(51)55)41(33)40(30)32)60-22-21-39(53)50-37(49(58)59)23-26-14-13-25-11-9-10-12-29(25)26;1-6-26(7-2)51-44(55)31-18-15-28-29-16-19-33-40-34(47(58)52(46(33)57)27(8-3)9-4)22-37(41(42(29)40)30-17-20-32(45(51)56)39(31)38(28)30)61-23-36(49-24(5)53)43(54)50-35(48(59)60)21-25-13-11-10-12-14-25/h9-12,14-20,24,27-28,37H,5-8,13,21-23H2,1-4H3,(H,50,53)(H,58,59);10-20,22,26-27,35-36H,6-9,21,23H2,1-5H3,(H,49,53)(H,50,54)(H,59,60). The van der Waals surface area contributed by atoms with Gasteiger partial charge in [-0.25, -0.2) is 9.59 Å². The lowest BCUT2D eigenvalue weighted by molar-refractivity contribution is -0.142. The predicted molar refractivity (Wildman–Crippen MR) is 470 cm³/mol. The first-order chi connectivity index (χ1) is 58.4. The summed E-state index contributed by atoms with van der Waals surface area (Å²) >= 11 is 2.59. The zero-order chi connectivity index (χ0) is 85.6. The molecule has 5 N–H and O–H groups in total. The Balaban J connectivity index is 0.000000180. The van der Waals surface area contributed by atoms with Crippen LogP contribution < -0.4 is 16.0 Å². The smallest absolute Gasteiger partial charge is 0.326 e. The van der Waals surface area contributed by atoms with Crippen molar-refractivity contribution in [3.63, 3.8) is 0 Å². The zero-order valence-corrected chi connectivity index (χ0v) is 70.2. The van der Waals surface area contributed by atoms with Crippen molar-refractivity contribution in [3.05, 3.63) is 207 Å². The number of carbonyl (C=O) groups is 13. The maximum Gasteiger partial charge on any atom is 0.326 e. The highest BCUT2D eigenvalue weighted by Gasteiger charge is 2.45. The molecular weight excluding hydrogens is 1570 g/mol. The van der Waals surface area contributed by atoms with Crippen LogP contribution in [0.2, 0.25) is 0 Å². The van der Waals surface area contributed by atoms with Gasteiger partial charge in [0.25, 0.3) is 47.3 Å². The van der Waals surface area contributed by atoms with E-state index in [4.69, 9.17) is 0 Å². The summed E-state index contributed by atoms with van der Waals surface area (Å²) in [5.41, 5.74) is 6.99. The molecule has 0 spiro atoms. The summed E-state index contributed by atoms with van der Waals surface area (Å²) in [5.74, 6) is -6.68. The van der Waals surface area contributed by atoms with Crippen molar-refractivity contribution < 1.29 is 72.5 Å². The molecule has 0 radical (unpaired) electrons. The van der Waals surface area contributed by atoms with Gasteiger partial charge in [0, 0.05) is 159 Å². The number of nitrogens with one attached hydrogen (secondary N) is 3. The maximum absolute atomic E-state index is 14.6. The fourth-order valence-electron chi connectivity index (χ4n) is 19.3. The molecule has 0 fully saturated rings. The molecule has 121 heavy (non-hydrogen) atoms. The van der Waals surface area contributed by atoms with Crippen molar-refractivity contribution in [2.24, 2.45) is 0 Å². The van der Waals surface area contributed by atoms with Crippen molar-refractivity contribution in [1.82, 2.24) is 35.6 Å². The monoisotopic (exact) mass is 1660 g/mol. The highest BCUT2D eigenvalue weighted by atomic mass is 32.2. The minimum absolute atomic E-state index is 0.0000350. The second-order valence-corrected chi connectivity index (χ2v) is 34.1. The molecule has 3 unspecified atom stereocenters. The van der Waals surface area contributed by atoms with Crippen molar-refractivity contribution in [3.8, 4) is 0 Å². The minimum atomic E-state index is -1.28. The van der Waals surface area contributed by atoms with E-state index in [9.17, 15) is 72.5 Å². The molecule has 0 aromatic heterocycles. The largest absolute Gasteiger partial charge is 0.480 e. The van der Waals surface area contributed by atoms with E-state index in [1.54, 1.807) is 66.7 Å². The quantitative estimate of drug-likeness (QED) is 0.0126.